The number of anilines is 1. The van der Waals surface area contributed by atoms with Gasteiger partial charge in [-0.25, -0.2) is 9.97 Å². The van der Waals surface area contributed by atoms with Crippen LogP contribution >= 0.6 is 11.6 Å². The summed E-state index contributed by atoms with van der Waals surface area (Å²) in [5.41, 5.74) is 11.1. The summed E-state index contributed by atoms with van der Waals surface area (Å²) in [6.45, 7) is 1.81. The van der Waals surface area contributed by atoms with E-state index in [1.54, 1.807) is 41.0 Å². The maximum Gasteiger partial charge on any atom is 0.257 e. The van der Waals surface area contributed by atoms with Crippen molar-refractivity contribution < 1.29 is 9.59 Å². The molecule has 5 rings (SSSR count). The highest BCUT2D eigenvalue weighted by Gasteiger charge is 2.24. The minimum atomic E-state index is -0.360. The predicted molar refractivity (Wildman–Crippen MR) is 133 cm³/mol. The second-order valence-electron chi connectivity index (χ2n) is 7.89. The van der Waals surface area contributed by atoms with Crippen LogP contribution in [0, 0.1) is 0 Å². The number of hydrogen-bond acceptors (Lipinski definition) is 5. The van der Waals surface area contributed by atoms with Crippen molar-refractivity contribution in [2.24, 2.45) is 0 Å². The lowest BCUT2D eigenvalue weighted by Gasteiger charge is -2.09. The molecule has 0 spiro atoms. The third-order valence-electron chi connectivity index (χ3n) is 5.62. The molecule has 0 unspecified atom stereocenters. The molecule has 3 N–H and O–H groups in total. The SMILES string of the molecule is CC(=O)c1ccc(-n2c(N)c(C(=O)NCc3ccc(Cl)cc3)c3nc4ccccc4nc32)cc1. The van der Waals surface area contributed by atoms with Crippen LogP contribution in [-0.4, -0.2) is 26.2 Å². The van der Waals surface area contributed by atoms with E-state index in [1.165, 1.54) is 6.92 Å². The van der Waals surface area contributed by atoms with Gasteiger partial charge in [-0.1, -0.05) is 35.9 Å². The van der Waals surface area contributed by atoms with Gasteiger partial charge in [-0.2, -0.15) is 0 Å². The Morgan fingerprint density at radius 1 is 0.941 bits per heavy atom. The molecule has 0 fully saturated rings. The Balaban J connectivity index is 1.63. The predicted octanol–water partition coefficient (Wildman–Crippen LogP) is 4.94. The smallest absolute Gasteiger partial charge is 0.257 e. The molecular weight excluding hydrogens is 450 g/mol. The van der Waals surface area contributed by atoms with Gasteiger partial charge in [-0.05, 0) is 61.0 Å². The lowest BCUT2D eigenvalue weighted by atomic mass is 10.1. The molecule has 2 heterocycles. The number of amides is 1. The zero-order chi connectivity index (χ0) is 23.8. The molecule has 7 nitrogen and oxygen atoms in total. The minimum absolute atomic E-state index is 0.0371. The third kappa shape index (κ3) is 3.86. The molecule has 0 saturated carbocycles. The number of hydrogen-bond donors (Lipinski definition) is 2. The molecule has 0 atom stereocenters. The molecule has 5 aromatic rings. The lowest BCUT2D eigenvalue weighted by Crippen LogP contribution is -2.24. The number of ketones is 1. The first-order valence-electron chi connectivity index (χ1n) is 10.6. The van der Waals surface area contributed by atoms with Crippen molar-refractivity contribution in [3.05, 3.63) is 94.5 Å². The Kier molecular flexibility index (Phi) is 5.47. The van der Waals surface area contributed by atoms with Gasteiger partial charge in [0.2, 0.25) is 0 Å². The third-order valence-corrected chi connectivity index (χ3v) is 5.88. The van der Waals surface area contributed by atoms with E-state index in [0.29, 0.717) is 45.0 Å². The molecule has 2 aromatic heterocycles. The fourth-order valence-electron chi connectivity index (χ4n) is 3.86. The molecule has 0 bridgehead atoms. The number of rotatable bonds is 5. The zero-order valence-electron chi connectivity index (χ0n) is 18.2. The number of nitrogens with one attached hydrogen (secondary N) is 1. The number of fused-ring (bicyclic) bond motifs is 2. The van der Waals surface area contributed by atoms with Crippen molar-refractivity contribution in [3.8, 4) is 5.69 Å². The topological polar surface area (TPSA) is 103 Å². The van der Waals surface area contributed by atoms with E-state index < -0.39 is 0 Å². The highest BCUT2D eigenvalue weighted by atomic mass is 35.5. The van der Waals surface area contributed by atoms with E-state index in [2.05, 4.69) is 5.32 Å². The normalized spacial score (nSPS) is 11.1. The van der Waals surface area contributed by atoms with Crippen LogP contribution in [0.1, 0.15) is 33.2 Å². The molecule has 8 heteroatoms. The first-order valence-corrected chi connectivity index (χ1v) is 11.0. The Bertz CT molecular complexity index is 1560. The number of carbonyl (C=O) groups excluding carboxylic acids is 2. The molecule has 3 aromatic carbocycles. The van der Waals surface area contributed by atoms with Gasteiger partial charge in [0.15, 0.2) is 11.4 Å². The van der Waals surface area contributed by atoms with Crippen LogP contribution in [0.2, 0.25) is 5.02 Å². The largest absolute Gasteiger partial charge is 0.384 e. The Morgan fingerprint density at radius 2 is 1.59 bits per heavy atom. The summed E-state index contributed by atoms with van der Waals surface area (Å²) in [6.07, 6.45) is 0. The number of carbonyl (C=O) groups is 2. The summed E-state index contributed by atoms with van der Waals surface area (Å²) in [5, 5.41) is 3.54. The van der Waals surface area contributed by atoms with Crippen molar-refractivity contribution >= 4 is 51.3 Å². The summed E-state index contributed by atoms with van der Waals surface area (Å²) in [7, 11) is 0. The molecule has 168 valence electrons. The molecular formula is C26H20ClN5O2. The quantitative estimate of drug-likeness (QED) is 0.355. The van der Waals surface area contributed by atoms with Crippen molar-refractivity contribution in [1.29, 1.82) is 0 Å². The first-order chi connectivity index (χ1) is 16.4. The van der Waals surface area contributed by atoms with Gasteiger partial charge in [0.1, 0.15) is 16.9 Å². The maximum absolute atomic E-state index is 13.3. The van der Waals surface area contributed by atoms with Gasteiger partial charge in [0, 0.05) is 22.8 Å². The number of halogens is 1. The van der Waals surface area contributed by atoms with E-state index in [9.17, 15) is 9.59 Å². The van der Waals surface area contributed by atoms with Crippen LogP contribution in [-0.2, 0) is 6.54 Å². The van der Waals surface area contributed by atoms with Gasteiger partial charge in [-0.15, -0.1) is 0 Å². The average Bonchev–Trinajstić information content (AvgIpc) is 3.12. The van der Waals surface area contributed by atoms with Crippen molar-refractivity contribution in [2.45, 2.75) is 13.5 Å². The molecule has 0 aliphatic heterocycles. The van der Waals surface area contributed by atoms with Crippen LogP contribution in [0.5, 0.6) is 0 Å². The second-order valence-corrected chi connectivity index (χ2v) is 8.33. The fourth-order valence-corrected chi connectivity index (χ4v) is 3.99. The van der Waals surface area contributed by atoms with Crippen LogP contribution in [0.3, 0.4) is 0 Å². The second kappa shape index (κ2) is 8.61. The summed E-state index contributed by atoms with van der Waals surface area (Å²) < 4.78 is 1.69. The fraction of sp³-hybridized carbons (Fsp3) is 0.0769. The Labute approximate surface area is 200 Å². The molecule has 34 heavy (non-hydrogen) atoms. The van der Waals surface area contributed by atoms with Gasteiger partial charge in [0.05, 0.1) is 11.0 Å². The number of para-hydroxylation sites is 2. The van der Waals surface area contributed by atoms with Crippen LogP contribution in [0.25, 0.3) is 27.9 Å². The van der Waals surface area contributed by atoms with E-state index >= 15 is 0 Å². The van der Waals surface area contributed by atoms with Crippen LogP contribution in [0.4, 0.5) is 5.82 Å². The first kappa shape index (κ1) is 21.6. The summed E-state index contributed by atoms with van der Waals surface area (Å²) in [4.78, 5) is 34.5. The number of nitrogens with zero attached hydrogens (tertiary/aromatic N) is 3. The Hall–Kier alpha value is -4.23. The number of benzene rings is 3. The standard InChI is InChI=1S/C26H20ClN5O2/c1-15(33)17-8-12-19(13-9-17)32-24(28)22(26(34)29-14-16-6-10-18(27)11-7-16)23-25(32)31-21-5-3-2-4-20(21)30-23/h2-13H,14,28H2,1H3,(H,29,34). The molecule has 1 amide bonds. The maximum atomic E-state index is 13.3. The monoisotopic (exact) mass is 469 g/mol. The molecule has 0 aliphatic rings. The summed E-state index contributed by atoms with van der Waals surface area (Å²) >= 11 is 5.95. The Morgan fingerprint density at radius 3 is 2.24 bits per heavy atom. The molecule has 0 saturated heterocycles. The lowest BCUT2D eigenvalue weighted by molar-refractivity contribution is 0.0952. The van der Waals surface area contributed by atoms with Crippen molar-refractivity contribution in [1.82, 2.24) is 19.9 Å². The van der Waals surface area contributed by atoms with Gasteiger partial charge >= 0.3 is 0 Å². The minimum Gasteiger partial charge on any atom is -0.384 e. The average molecular weight is 470 g/mol. The van der Waals surface area contributed by atoms with Gasteiger partial charge in [0.25, 0.3) is 5.91 Å². The van der Waals surface area contributed by atoms with Crippen molar-refractivity contribution in [2.75, 3.05) is 5.73 Å². The van der Waals surface area contributed by atoms with E-state index in [4.69, 9.17) is 27.3 Å². The van der Waals surface area contributed by atoms with Crippen LogP contribution < -0.4 is 11.1 Å². The molecule has 0 radical (unpaired) electrons. The van der Waals surface area contributed by atoms with E-state index in [1.807, 2.05) is 36.4 Å². The van der Waals surface area contributed by atoms with Crippen molar-refractivity contribution in [3.63, 3.8) is 0 Å². The number of Topliss-reactive ketones (excluding diaryl/α,β-unsaturated/α-hetero) is 1. The van der Waals surface area contributed by atoms with E-state index in [0.717, 1.165) is 5.56 Å². The van der Waals surface area contributed by atoms with Crippen LogP contribution in [0.15, 0.2) is 72.8 Å². The van der Waals surface area contributed by atoms with E-state index in [-0.39, 0.29) is 23.1 Å². The highest BCUT2D eigenvalue weighted by Crippen LogP contribution is 2.31. The number of nitrogen functional groups attached to an aromatic ring is 1. The number of aromatic nitrogens is 3. The zero-order valence-corrected chi connectivity index (χ0v) is 19.0. The van der Waals surface area contributed by atoms with Gasteiger partial charge in [-0.3, -0.25) is 14.2 Å². The summed E-state index contributed by atoms with van der Waals surface area (Å²) in [5.74, 6) is -0.180. The summed E-state index contributed by atoms with van der Waals surface area (Å²) in [6, 6.07) is 21.7. The molecule has 0 aliphatic carbocycles. The highest BCUT2D eigenvalue weighted by molar-refractivity contribution is 6.30. The number of nitrogens with two attached hydrogens (primary N) is 1. The van der Waals surface area contributed by atoms with Gasteiger partial charge < -0.3 is 11.1 Å².